The van der Waals surface area contributed by atoms with E-state index in [9.17, 15) is 43.9 Å². The second-order valence-corrected chi connectivity index (χ2v) is 10.1. The number of hydrogen-bond acceptors (Lipinski definition) is 0. The van der Waals surface area contributed by atoms with Crippen molar-refractivity contribution in [1.29, 1.82) is 0 Å². The van der Waals surface area contributed by atoms with Crippen molar-refractivity contribution in [1.82, 2.24) is 4.57 Å². The molecular formula is C26H32BrClF10N2. The number of benzene rings is 1. The van der Waals surface area contributed by atoms with Crippen LogP contribution in [0, 0.1) is 12.7 Å². The molecule has 2 rings (SSSR count). The van der Waals surface area contributed by atoms with Crippen LogP contribution in [0.3, 0.4) is 0 Å². The highest BCUT2D eigenvalue weighted by Crippen LogP contribution is 2.54. The molecule has 0 saturated heterocycles. The Labute approximate surface area is 242 Å². The molecule has 14 heteroatoms. The number of hydrogen-bond donors (Lipinski definition) is 0. The predicted molar refractivity (Wildman–Crippen MR) is 127 cm³/mol. The van der Waals surface area contributed by atoms with Gasteiger partial charge in [-0.25, -0.2) is 13.5 Å². The monoisotopic (exact) mass is 676 g/mol. The molecule has 0 atom stereocenters. The fourth-order valence-corrected chi connectivity index (χ4v) is 4.45. The summed E-state index contributed by atoms with van der Waals surface area (Å²) in [6.45, 7) is 2.99. The molecule has 0 unspecified atom stereocenters. The van der Waals surface area contributed by atoms with Gasteiger partial charge in [0.15, 0.2) is 0 Å². The topological polar surface area (TPSA) is 8.81 Å². The third-order valence-electron chi connectivity index (χ3n) is 6.75. The molecule has 1 aromatic heterocycles. The third-order valence-corrected chi connectivity index (χ3v) is 7.10. The first-order valence-electron chi connectivity index (χ1n) is 12.7. The van der Waals surface area contributed by atoms with Gasteiger partial charge in [0.2, 0.25) is 0 Å². The van der Waals surface area contributed by atoms with Gasteiger partial charge in [0, 0.05) is 18.9 Å². The molecule has 1 aromatic carbocycles. The van der Waals surface area contributed by atoms with E-state index >= 15 is 0 Å². The molecule has 2 nitrogen and oxygen atoms in total. The Balaban J connectivity index is 0.00000800. The van der Waals surface area contributed by atoms with E-state index < -0.39 is 36.8 Å². The van der Waals surface area contributed by atoms with Crippen molar-refractivity contribution < 1.29 is 65.5 Å². The summed E-state index contributed by atoms with van der Waals surface area (Å²) in [7, 11) is 0. The zero-order valence-corrected chi connectivity index (χ0v) is 24.1. The lowest BCUT2D eigenvalue weighted by Crippen LogP contribution is -3.00. The highest BCUT2D eigenvalue weighted by atomic mass is 79.9. The van der Waals surface area contributed by atoms with Crippen molar-refractivity contribution in [2.45, 2.75) is 108 Å². The van der Waals surface area contributed by atoms with E-state index in [1.807, 2.05) is 23.9 Å². The number of imidazole rings is 1. The van der Waals surface area contributed by atoms with Gasteiger partial charge in [-0.3, -0.25) is 0 Å². The summed E-state index contributed by atoms with van der Waals surface area (Å²) in [6, 6.07) is 4.55. The molecule has 0 saturated carbocycles. The standard InChI is InChI=1S/C26H32ClF10N2.BrH/c1-19-38(16-17-39(19)18-20-21(27)12-11-13-22(20)28)15-10-8-6-4-2-3-5-7-9-14-23(29,30)24(31,32)25(33,34)26(35,36)37;/h11-13,16-17H,2-10,14-15,18H2,1H3;1H/q+1;/p-1. The van der Waals surface area contributed by atoms with Crippen LogP contribution in [0.1, 0.15) is 75.6 Å². The number of rotatable bonds is 16. The number of alkyl halides is 9. The number of aromatic nitrogens is 2. The number of aryl methyl sites for hydroxylation is 1. The fourth-order valence-electron chi connectivity index (χ4n) is 4.23. The maximum absolute atomic E-state index is 14.1. The zero-order valence-electron chi connectivity index (χ0n) is 21.8. The Kier molecular flexibility index (Phi) is 13.8. The smallest absolute Gasteiger partial charge is 0.460 e. The van der Waals surface area contributed by atoms with Gasteiger partial charge in [0.1, 0.15) is 24.8 Å². The van der Waals surface area contributed by atoms with Crippen molar-refractivity contribution in [3.05, 3.63) is 52.8 Å². The average molecular weight is 678 g/mol. The minimum atomic E-state index is -6.82. The van der Waals surface area contributed by atoms with E-state index in [4.69, 9.17) is 11.6 Å². The first kappa shape index (κ1) is 36.5. The number of nitrogens with zero attached hydrogens (tertiary/aromatic N) is 2. The maximum Gasteiger partial charge on any atom is 0.460 e. The van der Waals surface area contributed by atoms with Gasteiger partial charge in [0.05, 0.1) is 11.6 Å². The van der Waals surface area contributed by atoms with Crippen LogP contribution in [0.2, 0.25) is 5.02 Å². The van der Waals surface area contributed by atoms with E-state index in [1.165, 1.54) is 6.07 Å². The summed E-state index contributed by atoms with van der Waals surface area (Å²) in [4.78, 5) is 0. The van der Waals surface area contributed by atoms with E-state index in [2.05, 4.69) is 4.57 Å². The lowest BCUT2D eigenvalue weighted by atomic mass is 9.97. The Morgan fingerprint density at radius 1 is 0.775 bits per heavy atom. The van der Waals surface area contributed by atoms with Crippen LogP contribution in [-0.2, 0) is 13.1 Å². The molecule has 0 aliphatic rings. The first-order valence-corrected chi connectivity index (χ1v) is 13.1. The van der Waals surface area contributed by atoms with E-state index in [0.29, 0.717) is 30.0 Å². The van der Waals surface area contributed by atoms with Crippen molar-refractivity contribution in [3.63, 3.8) is 0 Å². The molecule has 0 radical (unpaired) electrons. The second kappa shape index (κ2) is 15.1. The SMILES string of the molecule is Cc1n(CCCCCCCCCCCC(F)(F)C(F)(F)C(F)(F)C(F)(F)F)cc[n+]1Cc1c(F)cccc1Cl.[Br-]. The van der Waals surface area contributed by atoms with E-state index in [1.54, 1.807) is 12.1 Å². The summed E-state index contributed by atoms with van der Waals surface area (Å²) < 4.78 is 134. The fraction of sp³-hybridized carbons (Fsp3) is 0.654. The van der Waals surface area contributed by atoms with Gasteiger partial charge in [0.25, 0.3) is 5.82 Å². The highest BCUT2D eigenvalue weighted by molar-refractivity contribution is 6.31. The maximum atomic E-state index is 14.1. The molecule has 0 aliphatic heterocycles. The molecule has 2 aromatic rings. The molecular weight excluding hydrogens is 646 g/mol. The summed E-state index contributed by atoms with van der Waals surface area (Å²) in [5.41, 5.74) is 0.416. The summed E-state index contributed by atoms with van der Waals surface area (Å²) >= 11 is 6.10. The third kappa shape index (κ3) is 9.00. The van der Waals surface area contributed by atoms with Gasteiger partial charge in [-0.05, 0) is 31.4 Å². The molecule has 230 valence electrons. The van der Waals surface area contributed by atoms with Crippen LogP contribution in [-0.4, -0.2) is 28.5 Å². The van der Waals surface area contributed by atoms with Crippen LogP contribution < -0.4 is 21.5 Å². The van der Waals surface area contributed by atoms with Crippen molar-refractivity contribution in [3.8, 4) is 0 Å². The van der Waals surface area contributed by atoms with Crippen molar-refractivity contribution >= 4 is 11.6 Å². The van der Waals surface area contributed by atoms with Gasteiger partial charge in [-0.15, -0.1) is 0 Å². The average Bonchev–Trinajstić information content (AvgIpc) is 3.17. The number of halogens is 12. The molecule has 40 heavy (non-hydrogen) atoms. The van der Waals surface area contributed by atoms with E-state index in [0.717, 1.165) is 44.5 Å². The number of unbranched alkanes of at least 4 members (excludes halogenated alkanes) is 8. The van der Waals surface area contributed by atoms with Gasteiger partial charge < -0.3 is 17.0 Å². The molecule has 0 aliphatic carbocycles. The van der Waals surface area contributed by atoms with Gasteiger partial charge in [-0.2, -0.15) is 39.5 Å². The van der Waals surface area contributed by atoms with Crippen LogP contribution in [0.25, 0.3) is 0 Å². The lowest BCUT2D eigenvalue weighted by molar-refractivity contribution is -0.694. The van der Waals surface area contributed by atoms with Gasteiger partial charge >= 0.3 is 23.9 Å². The highest BCUT2D eigenvalue weighted by Gasteiger charge is 2.81. The van der Waals surface area contributed by atoms with Crippen molar-refractivity contribution in [2.24, 2.45) is 0 Å². The Morgan fingerprint density at radius 2 is 1.30 bits per heavy atom. The molecule has 0 N–H and O–H groups in total. The zero-order chi connectivity index (χ0) is 29.5. The lowest BCUT2D eigenvalue weighted by Gasteiger charge is -2.33. The van der Waals surface area contributed by atoms with Gasteiger partial charge in [-0.1, -0.05) is 56.2 Å². The van der Waals surface area contributed by atoms with Crippen LogP contribution in [0.15, 0.2) is 30.6 Å². The minimum absolute atomic E-state index is 0. The molecule has 0 fully saturated rings. The summed E-state index contributed by atoms with van der Waals surface area (Å²) in [5, 5.41) is 0.361. The molecule has 0 bridgehead atoms. The molecule has 1 heterocycles. The normalized spacial score (nSPS) is 13.0. The minimum Gasteiger partial charge on any atom is -1.00 e. The Hall–Kier alpha value is -1.50. The largest absolute Gasteiger partial charge is 1.00 e. The van der Waals surface area contributed by atoms with Crippen LogP contribution in [0.4, 0.5) is 43.9 Å². The Bertz CT molecular complexity index is 1040. The van der Waals surface area contributed by atoms with Crippen molar-refractivity contribution in [2.75, 3.05) is 0 Å². The summed E-state index contributed by atoms with van der Waals surface area (Å²) in [6.07, 6.45) is -0.0165. The summed E-state index contributed by atoms with van der Waals surface area (Å²) in [5.74, 6) is -18.2. The quantitative estimate of drug-likeness (QED) is 0.112. The van der Waals surface area contributed by atoms with Crippen LogP contribution in [0.5, 0.6) is 0 Å². The molecule has 0 spiro atoms. The molecule has 0 amide bonds. The van der Waals surface area contributed by atoms with Crippen LogP contribution >= 0.6 is 11.6 Å². The van der Waals surface area contributed by atoms with E-state index in [-0.39, 0.29) is 29.2 Å². The first-order chi connectivity index (χ1) is 18.0. The second-order valence-electron chi connectivity index (χ2n) is 9.65. The Morgan fingerprint density at radius 3 is 1.82 bits per heavy atom. The predicted octanol–water partition coefficient (Wildman–Crippen LogP) is 6.30.